The summed E-state index contributed by atoms with van der Waals surface area (Å²) in [6.07, 6.45) is 2.73. The van der Waals surface area contributed by atoms with E-state index in [-0.39, 0.29) is 58.6 Å². The zero-order valence-electron chi connectivity index (χ0n) is 19.2. The Kier molecular flexibility index (Phi) is 14.4. The van der Waals surface area contributed by atoms with E-state index in [1.165, 1.54) is 39.4 Å². The Labute approximate surface area is 221 Å². The van der Waals surface area contributed by atoms with Crippen LogP contribution < -0.4 is 30.1 Å². The summed E-state index contributed by atoms with van der Waals surface area (Å²) in [7, 11) is 0.0185. The maximum absolute atomic E-state index is 2.42. The molecule has 0 radical (unpaired) electrons. The molecule has 0 saturated heterocycles. The Balaban J connectivity index is 0.000000596. The Morgan fingerprint density at radius 3 is 1.61 bits per heavy atom. The Morgan fingerprint density at radius 1 is 0.710 bits per heavy atom. The molecule has 0 bridgehead atoms. The normalized spacial score (nSPS) is 10.5. The number of hydrogen-bond acceptors (Lipinski definition) is 0. The third-order valence-corrected chi connectivity index (χ3v) is 8.23. The second kappa shape index (κ2) is 14.6. The van der Waals surface area contributed by atoms with Crippen molar-refractivity contribution in [2.75, 3.05) is 12.3 Å². The average Bonchev–Trinajstić information content (AvgIpc) is 3.23. The van der Waals surface area contributed by atoms with Crippen molar-refractivity contribution in [3.8, 4) is 0 Å². The molecule has 0 atom stereocenters. The molecule has 0 aliphatic heterocycles. The molecule has 0 spiro atoms. The maximum atomic E-state index is 2.42. The SMILES string of the molecule is CC(C)CP(CC(C)C)c1cc2ccccc2[cH-]1.Cc1cc2ccccc2[cH-]1.[Cl-].[Cl-].[Hf+4]. The largest absolute Gasteiger partial charge is 4.00 e. The van der Waals surface area contributed by atoms with Gasteiger partial charge in [0.25, 0.3) is 0 Å². The summed E-state index contributed by atoms with van der Waals surface area (Å²) in [4.78, 5) is 0. The van der Waals surface area contributed by atoms with E-state index in [0.717, 1.165) is 11.8 Å². The summed E-state index contributed by atoms with van der Waals surface area (Å²) in [6, 6.07) is 26.4. The van der Waals surface area contributed by atoms with Crippen LogP contribution in [0.4, 0.5) is 0 Å². The first-order valence-corrected chi connectivity index (χ1v) is 12.2. The molecule has 0 aliphatic carbocycles. The predicted molar refractivity (Wildman–Crippen MR) is 130 cm³/mol. The number of rotatable bonds is 5. The molecule has 164 valence electrons. The first-order valence-electron chi connectivity index (χ1n) is 10.4. The Bertz CT molecular complexity index is 940. The number of halogens is 2. The molecule has 0 N–H and O–H groups in total. The van der Waals surface area contributed by atoms with E-state index in [1.54, 1.807) is 5.30 Å². The molecule has 0 nitrogen and oxygen atoms in total. The molecule has 0 unspecified atom stereocenters. The van der Waals surface area contributed by atoms with Crippen LogP contribution in [0.15, 0.2) is 72.8 Å². The summed E-state index contributed by atoms with van der Waals surface area (Å²) < 4.78 is 0. The summed E-state index contributed by atoms with van der Waals surface area (Å²) in [5.41, 5.74) is 1.35. The van der Waals surface area contributed by atoms with Gasteiger partial charge in [-0.15, -0.1) is 80.9 Å². The van der Waals surface area contributed by atoms with Crippen molar-refractivity contribution in [2.45, 2.75) is 34.6 Å². The maximum Gasteiger partial charge on any atom is 4.00 e. The first-order chi connectivity index (χ1) is 13.4. The van der Waals surface area contributed by atoms with Gasteiger partial charge in [-0.25, -0.2) is 0 Å². The molecule has 0 saturated carbocycles. The van der Waals surface area contributed by atoms with Crippen LogP contribution in [0.1, 0.15) is 33.3 Å². The third kappa shape index (κ3) is 9.13. The molecular formula is C27H33Cl2HfP. The van der Waals surface area contributed by atoms with E-state index in [0.29, 0.717) is 0 Å². The number of hydrogen-bond donors (Lipinski definition) is 0. The zero-order chi connectivity index (χ0) is 20.1. The number of benzene rings is 2. The monoisotopic (exact) mass is 638 g/mol. The van der Waals surface area contributed by atoms with Crippen molar-refractivity contribution >= 4 is 34.8 Å². The van der Waals surface area contributed by atoms with Crippen molar-refractivity contribution in [2.24, 2.45) is 11.8 Å². The molecule has 0 amide bonds. The van der Waals surface area contributed by atoms with E-state index in [1.807, 2.05) is 0 Å². The van der Waals surface area contributed by atoms with Crippen LogP contribution in [0.2, 0.25) is 0 Å². The van der Waals surface area contributed by atoms with Gasteiger partial charge in [0.2, 0.25) is 0 Å². The second-order valence-corrected chi connectivity index (χ2v) is 11.0. The van der Waals surface area contributed by atoms with Gasteiger partial charge in [0.15, 0.2) is 0 Å². The molecule has 0 aromatic heterocycles. The second-order valence-electron chi connectivity index (χ2n) is 8.70. The van der Waals surface area contributed by atoms with E-state index in [2.05, 4.69) is 107 Å². The van der Waals surface area contributed by atoms with Crippen LogP contribution in [0.3, 0.4) is 0 Å². The average molecular weight is 638 g/mol. The molecule has 0 heterocycles. The molecule has 31 heavy (non-hydrogen) atoms. The molecule has 4 heteroatoms. The third-order valence-electron chi connectivity index (χ3n) is 4.90. The van der Waals surface area contributed by atoms with Crippen molar-refractivity contribution in [3.63, 3.8) is 0 Å². The van der Waals surface area contributed by atoms with E-state index >= 15 is 0 Å². The van der Waals surface area contributed by atoms with E-state index in [4.69, 9.17) is 0 Å². The van der Waals surface area contributed by atoms with Crippen LogP contribution >= 0.6 is 7.92 Å². The number of fused-ring (bicyclic) bond motifs is 2. The van der Waals surface area contributed by atoms with Crippen molar-refractivity contribution in [1.29, 1.82) is 0 Å². The molecule has 4 aromatic carbocycles. The van der Waals surface area contributed by atoms with Crippen LogP contribution in [0, 0.1) is 18.8 Å². The Hall–Kier alpha value is -0.460. The van der Waals surface area contributed by atoms with Gasteiger partial charge in [-0.1, -0.05) is 54.7 Å². The summed E-state index contributed by atoms with van der Waals surface area (Å²) in [5, 5.41) is 7.12. The van der Waals surface area contributed by atoms with Gasteiger partial charge in [-0.05, 0) is 24.2 Å². The van der Waals surface area contributed by atoms with Crippen LogP contribution in [-0.4, -0.2) is 12.3 Å². The fraction of sp³-hybridized carbons (Fsp3) is 0.333. The van der Waals surface area contributed by atoms with Gasteiger partial charge in [-0.3, -0.25) is 0 Å². The summed E-state index contributed by atoms with van der Waals surface area (Å²) in [6.45, 7) is 11.5. The van der Waals surface area contributed by atoms with Crippen LogP contribution in [0.25, 0.3) is 21.5 Å². The van der Waals surface area contributed by atoms with Crippen LogP contribution in [0.5, 0.6) is 0 Å². The van der Waals surface area contributed by atoms with Gasteiger partial charge < -0.3 is 24.8 Å². The van der Waals surface area contributed by atoms with Gasteiger partial charge in [-0.2, -0.15) is 12.1 Å². The summed E-state index contributed by atoms with van der Waals surface area (Å²) >= 11 is 0. The quantitative estimate of drug-likeness (QED) is 0.178. The Morgan fingerprint density at radius 2 is 1.16 bits per heavy atom. The van der Waals surface area contributed by atoms with Gasteiger partial charge in [0, 0.05) is 0 Å². The van der Waals surface area contributed by atoms with Crippen LogP contribution in [-0.2, 0) is 25.8 Å². The van der Waals surface area contributed by atoms with Crippen molar-refractivity contribution in [3.05, 3.63) is 78.4 Å². The zero-order valence-corrected chi connectivity index (χ0v) is 25.2. The fourth-order valence-electron chi connectivity index (χ4n) is 3.79. The predicted octanol–water partition coefficient (Wildman–Crippen LogP) is 1.85. The van der Waals surface area contributed by atoms with E-state index < -0.39 is 0 Å². The van der Waals surface area contributed by atoms with Crippen molar-refractivity contribution in [1.82, 2.24) is 0 Å². The first kappa shape index (κ1) is 30.5. The molecule has 0 aliphatic rings. The topological polar surface area (TPSA) is 0 Å². The van der Waals surface area contributed by atoms with Gasteiger partial charge in [0.1, 0.15) is 0 Å². The molecule has 4 aromatic rings. The minimum absolute atomic E-state index is 0. The van der Waals surface area contributed by atoms with Gasteiger partial charge in [0.05, 0.1) is 0 Å². The van der Waals surface area contributed by atoms with E-state index in [9.17, 15) is 0 Å². The fourth-order valence-corrected chi connectivity index (χ4v) is 6.77. The smallest absolute Gasteiger partial charge is 1.00 e. The standard InChI is InChI=1S/C17H24P.C10H9.2ClH.Hf/c1-13(2)11-18(12-14(3)4)17-9-15-7-5-6-8-16(15)10-17;1-8-6-9-4-2-3-5-10(9)7-8;;;/h5-10,13-14H,11-12H2,1-4H3;2-7H,1H3;2*1H;/q2*-1;;;+4/p-2. The molecular weight excluding hydrogens is 605 g/mol. The molecule has 0 fully saturated rings. The number of aryl methyl sites for hydroxylation is 1. The minimum atomic E-state index is 0. The molecule has 4 rings (SSSR count). The summed E-state index contributed by atoms with van der Waals surface area (Å²) in [5.74, 6) is 1.60. The minimum Gasteiger partial charge on any atom is -1.00 e. The van der Waals surface area contributed by atoms with Crippen molar-refractivity contribution < 1.29 is 50.7 Å². The van der Waals surface area contributed by atoms with Gasteiger partial charge >= 0.3 is 25.8 Å².